The highest BCUT2D eigenvalue weighted by atomic mass is 16.5. The highest BCUT2D eigenvalue weighted by Gasteiger charge is 2.03. The van der Waals surface area contributed by atoms with Crippen LogP contribution in [0.1, 0.15) is 45.2 Å². The van der Waals surface area contributed by atoms with Crippen molar-refractivity contribution in [1.29, 1.82) is 0 Å². The first-order valence-electron chi connectivity index (χ1n) is 6.01. The van der Waals surface area contributed by atoms with E-state index >= 15 is 0 Å². The van der Waals surface area contributed by atoms with Crippen LogP contribution in [0.15, 0.2) is 24.4 Å². The molecule has 2 nitrogen and oxygen atoms in total. The van der Waals surface area contributed by atoms with Crippen molar-refractivity contribution in [2.75, 3.05) is 7.11 Å². The average molecular weight is 219 g/mol. The third-order valence-electron chi connectivity index (χ3n) is 2.49. The highest BCUT2D eigenvalue weighted by molar-refractivity contribution is 5.63. The van der Waals surface area contributed by atoms with Gasteiger partial charge >= 0.3 is 0 Å². The van der Waals surface area contributed by atoms with Crippen LogP contribution in [0.4, 0.5) is 0 Å². The van der Waals surface area contributed by atoms with Crippen molar-refractivity contribution < 1.29 is 4.74 Å². The van der Waals surface area contributed by atoms with Crippen molar-refractivity contribution >= 4 is 5.57 Å². The topological polar surface area (TPSA) is 22.1 Å². The zero-order valence-corrected chi connectivity index (χ0v) is 10.5. The van der Waals surface area contributed by atoms with E-state index in [1.807, 2.05) is 18.3 Å². The molecule has 0 fully saturated rings. The lowest BCUT2D eigenvalue weighted by molar-refractivity contribution is 0.414. The van der Waals surface area contributed by atoms with Crippen molar-refractivity contribution in [3.63, 3.8) is 0 Å². The lowest BCUT2D eigenvalue weighted by atomic mass is 10.0. The Bertz CT molecular complexity index is 344. The molecule has 1 aromatic heterocycles. The van der Waals surface area contributed by atoms with Crippen LogP contribution in [0.5, 0.6) is 5.75 Å². The Morgan fingerprint density at radius 2 is 2.19 bits per heavy atom. The van der Waals surface area contributed by atoms with E-state index in [2.05, 4.69) is 24.9 Å². The number of unbranched alkanes of at least 4 members (excludes halogenated alkanes) is 1. The summed E-state index contributed by atoms with van der Waals surface area (Å²) in [6.45, 7) is 4.39. The van der Waals surface area contributed by atoms with Gasteiger partial charge in [0.25, 0.3) is 0 Å². The first kappa shape index (κ1) is 12.8. The third-order valence-corrected chi connectivity index (χ3v) is 2.49. The molecule has 0 bridgehead atoms. The number of allylic oxidation sites excluding steroid dienone is 2. The van der Waals surface area contributed by atoms with Crippen LogP contribution in [0.3, 0.4) is 0 Å². The van der Waals surface area contributed by atoms with E-state index in [0.29, 0.717) is 0 Å². The molecule has 0 aliphatic rings. The van der Waals surface area contributed by atoms with Gasteiger partial charge < -0.3 is 4.74 Å². The van der Waals surface area contributed by atoms with Gasteiger partial charge in [0.05, 0.1) is 12.8 Å². The molecule has 88 valence electrons. The van der Waals surface area contributed by atoms with Crippen molar-refractivity contribution in [3.8, 4) is 5.75 Å². The number of methoxy groups -OCH3 is 1. The molecule has 0 N–H and O–H groups in total. The molecule has 1 rings (SSSR count). The second-order valence-electron chi connectivity index (χ2n) is 3.85. The molecule has 16 heavy (non-hydrogen) atoms. The Labute approximate surface area is 98.4 Å². The maximum absolute atomic E-state index is 5.22. The minimum absolute atomic E-state index is 0.878. The van der Waals surface area contributed by atoms with Crippen LogP contribution in [-0.4, -0.2) is 12.1 Å². The van der Waals surface area contributed by atoms with Gasteiger partial charge in [-0.3, -0.25) is 4.98 Å². The summed E-state index contributed by atoms with van der Waals surface area (Å²) in [5.74, 6) is 0.878. The van der Waals surface area contributed by atoms with Gasteiger partial charge in [0.15, 0.2) is 0 Å². The van der Waals surface area contributed by atoms with Crippen LogP contribution in [0, 0.1) is 0 Å². The van der Waals surface area contributed by atoms with Crippen LogP contribution in [0.25, 0.3) is 5.57 Å². The van der Waals surface area contributed by atoms with Gasteiger partial charge in [-0.2, -0.15) is 0 Å². The second kappa shape index (κ2) is 7.04. The van der Waals surface area contributed by atoms with Crippen molar-refractivity contribution in [3.05, 3.63) is 30.1 Å². The van der Waals surface area contributed by atoms with Gasteiger partial charge in [0.2, 0.25) is 0 Å². The van der Waals surface area contributed by atoms with Gasteiger partial charge in [-0.15, -0.1) is 0 Å². The number of rotatable bonds is 6. The quantitative estimate of drug-likeness (QED) is 0.719. The Balaban J connectivity index is 2.91. The number of hydrogen-bond acceptors (Lipinski definition) is 2. The van der Waals surface area contributed by atoms with Gasteiger partial charge in [-0.05, 0) is 24.5 Å². The van der Waals surface area contributed by atoms with E-state index in [1.54, 1.807) is 7.11 Å². The molecule has 0 aliphatic heterocycles. The van der Waals surface area contributed by atoms with Crippen LogP contribution < -0.4 is 4.74 Å². The molecule has 0 unspecified atom stereocenters. The zero-order chi connectivity index (χ0) is 11.8. The van der Waals surface area contributed by atoms with Crippen molar-refractivity contribution in [2.24, 2.45) is 0 Å². The number of nitrogens with zero attached hydrogens (tertiary/aromatic N) is 1. The molecule has 0 aliphatic carbocycles. The monoisotopic (exact) mass is 219 g/mol. The van der Waals surface area contributed by atoms with Gasteiger partial charge in [-0.1, -0.05) is 32.8 Å². The second-order valence-corrected chi connectivity index (χ2v) is 3.85. The number of pyridine rings is 1. The summed E-state index contributed by atoms with van der Waals surface area (Å²) in [6, 6.07) is 3.89. The minimum atomic E-state index is 0.878. The molecule has 0 amide bonds. The molecule has 1 aromatic rings. The molecule has 0 saturated heterocycles. The van der Waals surface area contributed by atoms with Crippen LogP contribution in [-0.2, 0) is 0 Å². The number of aromatic nitrogens is 1. The molecule has 2 heteroatoms. The van der Waals surface area contributed by atoms with Crippen LogP contribution in [0.2, 0.25) is 0 Å². The summed E-state index contributed by atoms with van der Waals surface area (Å²) in [4.78, 5) is 4.41. The first-order chi connectivity index (χ1) is 7.81. The molecule has 0 saturated carbocycles. The maximum atomic E-state index is 5.22. The fourth-order valence-corrected chi connectivity index (χ4v) is 1.64. The van der Waals surface area contributed by atoms with Gasteiger partial charge in [0, 0.05) is 12.3 Å². The molecule has 0 radical (unpaired) electrons. The first-order valence-corrected chi connectivity index (χ1v) is 6.01. The Morgan fingerprint density at radius 3 is 2.81 bits per heavy atom. The van der Waals surface area contributed by atoms with Gasteiger partial charge in [-0.25, -0.2) is 0 Å². The normalized spacial score (nSPS) is 11.6. The lowest BCUT2D eigenvalue weighted by Crippen LogP contribution is -1.91. The average Bonchev–Trinajstić information content (AvgIpc) is 2.34. The minimum Gasteiger partial charge on any atom is -0.497 e. The smallest absolute Gasteiger partial charge is 0.122 e. The summed E-state index contributed by atoms with van der Waals surface area (Å²) in [6.07, 6.45) is 8.63. The van der Waals surface area contributed by atoms with E-state index < -0.39 is 0 Å². The van der Waals surface area contributed by atoms with E-state index in [1.165, 1.54) is 12.0 Å². The number of ether oxygens (including phenoxy) is 1. The summed E-state index contributed by atoms with van der Waals surface area (Å²) in [5, 5.41) is 0. The Hall–Kier alpha value is -1.31. The predicted molar refractivity (Wildman–Crippen MR) is 68.6 cm³/mol. The molecule has 0 aromatic carbocycles. The largest absolute Gasteiger partial charge is 0.497 e. The maximum Gasteiger partial charge on any atom is 0.122 e. The van der Waals surface area contributed by atoms with E-state index in [9.17, 15) is 0 Å². The number of hydrogen-bond donors (Lipinski definition) is 0. The van der Waals surface area contributed by atoms with E-state index in [-0.39, 0.29) is 0 Å². The lowest BCUT2D eigenvalue weighted by Gasteiger charge is -2.07. The fourth-order valence-electron chi connectivity index (χ4n) is 1.64. The summed E-state index contributed by atoms with van der Waals surface area (Å²) in [5.41, 5.74) is 2.39. The fraction of sp³-hybridized carbons (Fsp3) is 0.500. The standard InChI is InChI=1S/C14H21NO/c1-4-6-8-12(7-5-2)14-11-13(16-3)9-10-15-14/h8-11H,4-7H2,1-3H3/b12-8+. The molecule has 0 spiro atoms. The highest BCUT2D eigenvalue weighted by Crippen LogP contribution is 2.22. The summed E-state index contributed by atoms with van der Waals surface area (Å²) >= 11 is 0. The Morgan fingerprint density at radius 1 is 1.38 bits per heavy atom. The summed E-state index contributed by atoms with van der Waals surface area (Å²) < 4.78 is 5.22. The zero-order valence-electron chi connectivity index (χ0n) is 10.5. The Kier molecular flexibility index (Phi) is 5.62. The molecule has 0 atom stereocenters. The molecular weight excluding hydrogens is 198 g/mol. The van der Waals surface area contributed by atoms with Crippen molar-refractivity contribution in [1.82, 2.24) is 4.98 Å². The van der Waals surface area contributed by atoms with Gasteiger partial charge in [0.1, 0.15) is 5.75 Å². The summed E-state index contributed by atoms with van der Waals surface area (Å²) in [7, 11) is 1.69. The van der Waals surface area contributed by atoms with E-state index in [0.717, 1.165) is 30.7 Å². The van der Waals surface area contributed by atoms with E-state index in [4.69, 9.17) is 4.74 Å². The SMILES string of the molecule is CCC/C=C(\CCC)c1cc(OC)ccn1. The van der Waals surface area contributed by atoms with Crippen molar-refractivity contribution in [2.45, 2.75) is 39.5 Å². The molecule has 1 heterocycles. The molecular formula is C14H21NO. The third kappa shape index (κ3) is 3.69. The van der Waals surface area contributed by atoms with Crippen LogP contribution >= 0.6 is 0 Å². The predicted octanol–water partition coefficient (Wildman–Crippen LogP) is 4.07.